The number of unbranched alkanes of at least 4 members (excludes halogenated alkanes) is 1. The topological polar surface area (TPSA) is 28.2 Å². The summed E-state index contributed by atoms with van der Waals surface area (Å²) >= 11 is 6.89. The van der Waals surface area contributed by atoms with E-state index in [1.54, 1.807) is 6.20 Å². The third-order valence-corrected chi connectivity index (χ3v) is 3.96. The molecule has 1 aromatic heterocycles. The molecule has 1 N–H and O–H groups in total. The predicted molar refractivity (Wildman–Crippen MR) is 85.1 cm³/mol. The molecule has 0 radical (unpaired) electrons. The van der Waals surface area contributed by atoms with Gasteiger partial charge in [-0.25, -0.2) is 4.98 Å². The van der Waals surface area contributed by atoms with Crippen LogP contribution in [0, 0.1) is 0 Å². The second-order valence-electron chi connectivity index (χ2n) is 4.69. The van der Waals surface area contributed by atoms with Crippen LogP contribution in [0.2, 0.25) is 0 Å². The molecule has 1 heterocycles. The Morgan fingerprint density at radius 2 is 2.06 bits per heavy atom. The lowest BCUT2D eigenvalue weighted by Crippen LogP contribution is -2.27. The molecule has 0 aliphatic carbocycles. The molecule has 3 nitrogen and oxygen atoms in total. The van der Waals surface area contributed by atoms with Crippen molar-refractivity contribution in [3.05, 3.63) is 21.2 Å². The van der Waals surface area contributed by atoms with Gasteiger partial charge in [0.1, 0.15) is 5.82 Å². The van der Waals surface area contributed by atoms with Gasteiger partial charge in [0.05, 0.1) is 4.47 Å². The summed E-state index contributed by atoms with van der Waals surface area (Å²) in [5, 5.41) is 3.35. The third kappa shape index (κ3) is 5.67. The van der Waals surface area contributed by atoms with E-state index < -0.39 is 0 Å². The largest absolute Gasteiger partial charge is 0.369 e. The van der Waals surface area contributed by atoms with Gasteiger partial charge in [-0.05, 0) is 78.2 Å². The highest BCUT2D eigenvalue weighted by Gasteiger charge is 2.03. The van der Waals surface area contributed by atoms with Gasteiger partial charge in [0.2, 0.25) is 0 Å². The molecule has 18 heavy (non-hydrogen) atoms. The minimum atomic E-state index is 0.625. The summed E-state index contributed by atoms with van der Waals surface area (Å²) in [6.45, 7) is 6.55. The minimum absolute atomic E-state index is 0.625. The van der Waals surface area contributed by atoms with Crippen LogP contribution in [0.3, 0.4) is 0 Å². The molecule has 0 bridgehead atoms. The number of hydrogen-bond acceptors (Lipinski definition) is 3. The van der Waals surface area contributed by atoms with E-state index in [2.05, 4.69) is 68.0 Å². The summed E-state index contributed by atoms with van der Waals surface area (Å²) in [4.78, 5) is 6.69. The number of aromatic nitrogens is 1. The molecule has 0 aliphatic rings. The highest BCUT2D eigenvalue weighted by atomic mass is 79.9. The first-order valence-corrected chi connectivity index (χ1v) is 7.84. The lowest BCUT2D eigenvalue weighted by Gasteiger charge is -2.20. The number of pyridine rings is 1. The van der Waals surface area contributed by atoms with Crippen LogP contribution in [-0.4, -0.2) is 36.1 Å². The molecule has 5 heteroatoms. The van der Waals surface area contributed by atoms with E-state index in [0.717, 1.165) is 34.3 Å². The third-order valence-electron chi connectivity index (χ3n) is 2.92. The second-order valence-corrected chi connectivity index (χ2v) is 6.46. The molecular weight excluding hydrogens is 358 g/mol. The molecule has 0 spiro atoms. The Morgan fingerprint density at radius 1 is 1.33 bits per heavy atom. The van der Waals surface area contributed by atoms with Crippen LogP contribution in [0.25, 0.3) is 0 Å². The molecule has 1 aromatic rings. The monoisotopic (exact) mass is 377 g/mol. The van der Waals surface area contributed by atoms with Gasteiger partial charge in [0.15, 0.2) is 0 Å². The molecular formula is C13H21Br2N3. The summed E-state index contributed by atoms with van der Waals surface area (Å²) in [6, 6.07) is 2.63. The molecule has 0 aliphatic heterocycles. The number of halogens is 2. The van der Waals surface area contributed by atoms with E-state index >= 15 is 0 Å². The fourth-order valence-corrected chi connectivity index (χ4v) is 2.62. The van der Waals surface area contributed by atoms with Crippen molar-refractivity contribution in [3.63, 3.8) is 0 Å². The van der Waals surface area contributed by atoms with Gasteiger partial charge in [-0.15, -0.1) is 0 Å². The zero-order chi connectivity index (χ0) is 13.5. The van der Waals surface area contributed by atoms with Crippen molar-refractivity contribution in [1.82, 2.24) is 9.88 Å². The number of rotatable bonds is 7. The molecule has 102 valence electrons. The van der Waals surface area contributed by atoms with E-state index in [1.165, 1.54) is 6.42 Å². The van der Waals surface area contributed by atoms with E-state index in [1.807, 2.05) is 6.07 Å². The van der Waals surface area contributed by atoms with Gasteiger partial charge in [0.25, 0.3) is 0 Å². The van der Waals surface area contributed by atoms with Crippen LogP contribution in [0.1, 0.15) is 26.7 Å². The van der Waals surface area contributed by atoms with Gasteiger partial charge in [0, 0.05) is 23.3 Å². The van der Waals surface area contributed by atoms with Gasteiger partial charge < -0.3 is 10.2 Å². The van der Waals surface area contributed by atoms with Gasteiger partial charge >= 0.3 is 0 Å². The Balaban J connectivity index is 2.22. The average molecular weight is 379 g/mol. The van der Waals surface area contributed by atoms with E-state index in [0.29, 0.717) is 6.04 Å². The maximum atomic E-state index is 4.32. The quantitative estimate of drug-likeness (QED) is 0.722. The van der Waals surface area contributed by atoms with E-state index in [-0.39, 0.29) is 0 Å². The Hall–Kier alpha value is -0.130. The number of anilines is 1. The zero-order valence-electron chi connectivity index (χ0n) is 11.2. The van der Waals surface area contributed by atoms with Crippen molar-refractivity contribution in [1.29, 1.82) is 0 Å². The molecule has 0 unspecified atom stereocenters. The summed E-state index contributed by atoms with van der Waals surface area (Å²) in [5.74, 6) is 0.912. The average Bonchev–Trinajstić information content (AvgIpc) is 2.30. The first kappa shape index (κ1) is 15.9. The van der Waals surface area contributed by atoms with E-state index in [4.69, 9.17) is 0 Å². The van der Waals surface area contributed by atoms with Crippen molar-refractivity contribution in [2.75, 3.05) is 25.5 Å². The maximum Gasteiger partial charge on any atom is 0.140 e. The highest BCUT2D eigenvalue weighted by Crippen LogP contribution is 2.23. The van der Waals surface area contributed by atoms with Crippen molar-refractivity contribution in [2.24, 2.45) is 0 Å². The van der Waals surface area contributed by atoms with Gasteiger partial charge in [-0.2, -0.15) is 0 Å². The van der Waals surface area contributed by atoms with Crippen molar-refractivity contribution >= 4 is 37.7 Å². The van der Waals surface area contributed by atoms with Gasteiger partial charge in [-0.1, -0.05) is 0 Å². The van der Waals surface area contributed by atoms with Crippen molar-refractivity contribution < 1.29 is 0 Å². The summed E-state index contributed by atoms with van der Waals surface area (Å²) in [6.07, 6.45) is 4.16. The molecule has 0 saturated carbocycles. The standard InChI is InChI=1S/C13H21Br2N3/c1-10(2)18(3)7-5-4-6-16-13-12(15)8-11(14)9-17-13/h8-10H,4-7H2,1-3H3,(H,16,17). The molecule has 1 rings (SSSR count). The van der Waals surface area contributed by atoms with Crippen LogP contribution >= 0.6 is 31.9 Å². The van der Waals surface area contributed by atoms with E-state index in [9.17, 15) is 0 Å². The number of nitrogens with zero attached hydrogens (tertiary/aromatic N) is 2. The molecule has 0 saturated heterocycles. The van der Waals surface area contributed by atoms with Crippen LogP contribution in [0.4, 0.5) is 5.82 Å². The van der Waals surface area contributed by atoms with Crippen molar-refractivity contribution in [2.45, 2.75) is 32.7 Å². The Labute approximate surface area is 127 Å². The fourth-order valence-electron chi connectivity index (χ4n) is 1.50. The number of hydrogen-bond donors (Lipinski definition) is 1. The van der Waals surface area contributed by atoms with Crippen molar-refractivity contribution in [3.8, 4) is 0 Å². The van der Waals surface area contributed by atoms with Gasteiger partial charge in [-0.3, -0.25) is 0 Å². The summed E-state index contributed by atoms with van der Waals surface area (Å²) < 4.78 is 1.98. The first-order valence-electron chi connectivity index (χ1n) is 6.26. The van der Waals surface area contributed by atoms with Crippen LogP contribution in [0.15, 0.2) is 21.2 Å². The molecule has 0 amide bonds. The Kier molecular flexibility index (Phi) is 7.19. The Bertz CT molecular complexity index is 369. The normalized spacial score (nSPS) is 11.3. The van der Waals surface area contributed by atoms with Crippen LogP contribution in [-0.2, 0) is 0 Å². The molecule has 0 atom stereocenters. The van der Waals surface area contributed by atoms with Crippen LogP contribution in [0.5, 0.6) is 0 Å². The summed E-state index contributed by atoms with van der Waals surface area (Å²) in [7, 11) is 2.17. The Morgan fingerprint density at radius 3 is 2.67 bits per heavy atom. The number of nitrogens with one attached hydrogen (secondary N) is 1. The SMILES string of the molecule is CC(C)N(C)CCCCNc1ncc(Br)cc1Br. The smallest absolute Gasteiger partial charge is 0.140 e. The molecule has 0 aromatic carbocycles. The van der Waals surface area contributed by atoms with Crippen LogP contribution < -0.4 is 5.32 Å². The first-order chi connectivity index (χ1) is 8.50. The summed E-state index contributed by atoms with van der Waals surface area (Å²) in [5.41, 5.74) is 0. The second kappa shape index (κ2) is 8.12. The zero-order valence-corrected chi connectivity index (χ0v) is 14.4. The predicted octanol–water partition coefficient (Wildman–Crippen LogP) is 4.14. The molecule has 0 fully saturated rings. The minimum Gasteiger partial charge on any atom is -0.369 e. The fraction of sp³-hybridized carbons (Fsp3) is 0.615. The lowest BCUT2D eigenvalue weighted by atomic mass is 10.2. The maximum absolute atomic E-state index is 4.32. The highest BCUT2D eigenvalue weighted by molar-refractivity contribution is 9.11. The lowest BCUT2D eigenvalue weighted by molar-refractivity contribution is 0.269.